The monoisotopic (exact) mass is 329 g/mol. The van der Waals surface area contributed by atoms with Crippen LogP contribution >= 0.6 is 15.9 Å². The van der Waals surface area contributed by atoms with Gasteiger partial charge in [0, 0.05) is 33.3 Å². The first-order valence-electron chi connectivity index (χ1n) is 7.18. The highest BCUT2D eigenvalue weighted by Crippen LogP contribution is 2.25. The average Bonchev–Trinajstić information content (AvgIpc) is 2.76. The van der Waals surface area contributed by atoms with Gasteiger partial charge in [0.25, 0.3) is 0 Å². The van der Waals surface area contributed by atoms with Gasteiger partial charge in [0.05, 0.1) is 22.0 Å². The van der Waals surface area contributed by atoms with Gasteiger partial charge < -0.3 is 4.74 Å². The van der Waals surface area contributed by atoms with Crippen molar-refractivity contribution in [3.63, 3.8) is 0 Å². The van der Waals surface area contributed by atoms with Crippen LogP contribution in [0.2, 0.25) is 0 Å². The van der Waals surface area contributed by atoms with Gasteiger partial charge >= 0.3 is 0 Å². The summed E-state index contributed by atoms with van der Waals surface area (Å²) >= 11 is 3.72. The lowest BCUT2D eigenvalue weighted by atomic mass is 10.1. The van der Waals surface area contributed by atoms with Gasteiger partial charge in [-0.05, 0) is 42.1 Å². The molecule has 1 aliphatic rings. The molecule has 5 heteroatoms. The fourth-order valence-corrected chi connectivity index (χ4v) is 3.37. The molecule has 0 aromatic carbocycles. The molecule has 2 heterocycles. The summed E-state index contributed by atoms with van der Waals surface area (Å²) in [6.07, 6.45) is 3.69. The minimum atomic E-state index is 0.446. The van der Waals surface area contributed by atoms with Gasteiger partial charge in [0.1, 0.15) is 0 Å². The van der Waals surface area contributed by atoms with E-state index in [0.29, 0.717) is 6.10 Å². The van der Waals surface area contributed by atoms with Crippen LogP contribution < -0.4 is 0 Å². The van der Waals surface area contributed by atoms with E-state index in [4.69, 9.17) is 4.74 Å². The smallest absolute Gasteiger partial charge is 0.0767 e. The van der Waals surface area contributed by atoms with Crippen LogP contribution in [0.5, 0.6) is 0 Å². The summed E-state index contributed by atoms with van der Waals surface area (Å²) < 4.78 is 8.76. The molecule has 2 rings (SSSR count). The third-order valence-corrected chi connectivity index (χ3v) is 4.85. The summed E-state index contributed by atoms with van der Waals surface area (Å²) in [5, 5.41) is 4.66. The lowest BCUT2D eigenvalue weighted by Gasteiger charge is -2.31. The summed E-state index contributed by atoms with van der Waals surface area (Å²) in [7, 11) is 1.82. The standard InChI is InChI=1S/C14H24BrN3O/c1-4-12-14(15)13(18(5-2)16-12)10-17-8-6-11(19-3)7-9-17/h11H,4-10H2,1-3H3. The lowest BCUT2D eigenvalue weighted by Crippen LogP contribution is -2.36. The van der Waals surface area contributed by atoms with E-state index in [0.717, 1.165) is 45.4 Å². The maximum absolute atomic E-state index is 5.43. The van der Waals surface area contributed by atoms with Crippen molar-refractivity contribution in [3.05, 3.63) is 15.9 Å². The minimum Gasteiger partial charge on any atom is -0.381 e. The minimum absolute atomic E-state index is 0.446. The highest BCUT2D eigenvalue weighted by Gasteiger charge is 2.22. The Morgan fingerprint density at radius 3 is 2.53 bits per heavy atom. The molecule has 0 N–H and O–H groups in total. The van der Waals surface area contributed by atoms with Crippen molar-refractivity contribution in [2.24, 2.45) is 0 Å². The number of hydrogen-bond donors (Lipinski definition) is 0. The van der Waals surface area contributed by atoms with E-state index < -0.39 is 0 Å². The van der Waals surface area contributed by atoms with Gasteiger partial charge in [0.15, 0.2) is 0 Å². The maximum Gasteiger partial charge on any atom is 0.0767 e. The van der Waals surface area contributed by atoms with Gasteiger partial charge in [-0.25, -0.2) is 0 Å². The molecule has 1 saturated heterocycles. The van der Waals surface area contributed by atoms with Crippen LogP contribution in [0.1, 0.15) is 38.1 Å². The maximum atomic E-state index is 5.43. The largest absolute Gasteiger partial charge is 0.381 e. The second-order valence-corrected chi connectivity index (χ2v) is 5.88. The molecule has 19 heavy (non-hydrogen) atoms. The van der Waals surface area contributed by atoms with Crippen molar-refractivity contribution in [2.45, 2.75) is 52.3 Å². The molecule has 0 aliphatic carbocycles. The van der Waals surface area contributed by atoms with E-state index in [-0.39, 0.29) is 0 Å². The van der Waals surface area contributed by atoms with Gasteiger partial charge in [-0.15, -0.1) is 0 Å². The second-order valence-electron chi connectivity index (χ2n) is 5.09. The number of hydrogen-bond acceptors (Lipinski definition) is 3. The molecule has 0 atom stereocenters. The van der Waals surface area contributed by atoms with Crippen LogP contribution in [0.25, 0.3) is 0 Å². The number of nitrogens with zero attached hydrogens (tertiary/aromatic N) is 3. The number of piperidine rings is 1. The summed E-state index contributed by atoms with van der Waals surface area (Å²) in [5.41, 5.74) is 2.49. The Morgan fingerprint density at radius 1 is 1.32 bits per heavy atom. The van der Waals surface area contributed by atoms with Crippen molar-refractivity contribution in [2.75, 3.05) is 20.2 Å². The first kappa shape index (κ1) is 15.0. The molecule has 0 unspecified atom stereocenters. The Bertz CT molecular complexity index is 411. The molecular weight excluding hydrogens is 306 g/mol. The van der Waals surface area contributed by atoms with E-state index in [2.05, 4.69) is 44.5 Å². The summed E-state index contributed by atoms with van der Waals surface area (Å²) in [4.78, 5) is 2.50. The normalized spacial score (nSPS) is 18.1. The number of aromatic nitrogens is 2. The van der Waals surface area contributed by atoms with E-state index >= 15 is 0 Å². The lowest BCUT2D eigenvalue weighted by molar-refractivity contribution is 0.0381. The Balaban J connectivity index is 2.05. The molecule has 1 aliphatic heterocycles. The van der Waals surface area contributed by atoms with Gasteiger partial charge in [-0.1, -0.05) is 6.92 Å². The van der Waals surface area contributed by atoms with E-state index in [1.54, 1.807) is 0 Å². The Kier molecular flexibility index (Phi) is 5.42. The fraction of sp³-hybridized carbons (Fsp3) is 0.786. The Hall–Kier alpha value is -0.390. The quantitative estimate of drug-likeness (QED) is 0.832. The number of aryl methyl sites for hydroxylation is 2. The number of methoxy groups -OCH3 is 1. The number of rotatable bonds is 5. The van der Waals surface area contributed by atoms with Crippen molar-refractivity contribution >= 4 is 15.9 Å². The predicted molar refractivity (Wildman–Crippen MR) is 80.3 cm³/mol. The molecule has 1 aromatic heterocycles. The third-order valence-electron chi connectivity index (χ3n) is 3.94. The van der Waals surface area contributed by atoms with Crippen LogP contribution in [0.15, 0.2) is 4.47 Å². The molecule has 0 bridgehead atoms. The first-order valence-corrected chi connectivity index (χ1v) is 7.98. The Labute approximate surface area is 124 Å². The molecule has 0 saturated carbocycles. The van der Waals surface area contributed by atoms with Crippen molar-refractivity contribution in [1.29, 1.82) is 0 Å². The van der Waals surface area contributed by atoms with Crippen molar-refractivity contribution in [3.8, 4) is 0 Å². The second kappa shape index (κ2) is 6.86. The van der Waals surface area contributed by atoms with E-state index in [9.17, 15) is 0 Å². The average molecular weight is 330 g/mol. The molecular formula is C14H24BrN3O. The van der Waals surface area contributed by atoms with E-state index in [1.807, 2.05) is 7.11 Å². The van der Waals surface area contributed by atoms with Crippen molar-refractivity contribution in [1.82, 2.24) is 14.7 Å². The van der Waals surface area contributed by atoms with Crippen molar-refractivity contribution < 1.29 is 4.74 Å². The highest BCUT2D eigenvalue weighted by atomic mass is 79.9. The summed E-state index contributed by atoms with van der Waals surface area (Å²) in [6.45, 7) is 8.45. The van der Waals surface area contributed by atoms with Gasteiger partial charge in [-0.2, -0.15) is 5.10 Å². The first-order chi connectivity index (χ1) is 9.19. The summed E-state index contributed by atoms with van der Waals surface area (Å²) in [6, 6.07) is 0. The number of halogens is 1. The number of likely N-dealkylation sites (tertiary alicyclic amines) is 1. The van der Waals surface area contributed by atoms with Gasteiger partial charge in [0.2, 0.25) is 0 Å². The summed E-state index contributed by atoms with van der Waals surface area (Å²) in [5.74, 6) is 0. The zero-order valence-electron chi connectivity index (χ0n) is 12.2. The molecule has 0 spiro atoms. The van der Waals surface area contributed by atoms with Gasteiger partial charge in [-0.3, -0.25) is 9.58 Å². The molecule has 1 fully saturated rings. The molecule has 1 aromatic rings. The van der Waals surface area contributed by atoms with Crippen LogP contribution in [0.4, 0.5) is 0 Å². The van der Waals surface area contributed by atoms with Crippen LogP contribution in [0.3, 0.4) is 0 Å². The van der Waals surface area contributed by atoms with Crippen LogP contribution in [-0.4, -0.2) is 41.0 Å². The molecule has 0 radical (unpaired) electrons. The molecule has 4 nitrogen and oxygen atoms in total. The van der Waals surface area contributed by atoms with E-state index in [1.165, 1.54) is 15.9 Å². The highest BCUT2D eigenvalue weighted by molar-refractivity contribution is 9.10. The Morgan fingerprint density at radius 2 is 2.00 bits per heavy atom. The predicted octanol–water partition coefficient (Wildman–Crippen LogP) is 2.84. The number of ether oxygens (including phenoxy) is 1. The molecule has 108 valence electrons. The van der Waals surface area contributed by atoms with Crippen LogP contribution in [-0.2, 0) is 24.2 Å². The van der Waals surface area contributed by atoms with Crippen LogP contribution in [0, 0.1) is 0 Å². The molecule has 0 amide bonds. The topological polar surface area (TPSA) is 30.3 Å². The third kappa shape index (κ3) is 3.38. The zero-order valence-corrected chi connectivity index (χ0v) is 13.7. The zero-order chi connectivity index (χ0) is 13.8. The SMILES string of the molecule is CCc1nn(CC)c(CN2CCC(OC)CC2)c1Br. The fourth-order valence-electron chi connectivity index (χ4n) is 2.68.